The van der Waals surface area contributed by atoms with Crippen molar-refractivity contribution in [3.63, 3.8) is 0 Å². The monoisotopic (exact) mass is 263 g/mol. The summed E-state index contributed by atoms with van der Waals surface area (Å²) in [5.74, 6) is 5.42. The minimum absolute atomic E-state index is 0.325. The Bertz CT molecular complexity index is 417. The number of likely N-dealkylation sites (tertiary alicyclic amines) is 1. The van der Waals surface area contributed by atoms with Crippen LogP contribution in [0.4, 0.5) is 0 Å². The van der Waals surface area contributed by atoms with Gasteiger partial charge in [0.15, 0.2) is 0 Å². The fourth-order valence-electron chi connectivity index (χ4n) is 2.33. The summed E-state index contributed by atoms with van der Waals surface area (Å²) in [5.41, 5.74) is 2.61. The second kappa shape index (κ2) is 7.11. The van der Waals surface area contributed by atoms with Gasteiger partial charge in [-0.15, -0.1) is 0 Å². The SMILES string of the molecule is NNC(=O)c1ccccc1OCCN1CCCCC1. The second-order valence-electron chi connectivity index (χ2n) is 4.72. The van der Waals surface area contributed by atoms with Crippen LogP contribution in [0.25, 0.3) is 0 Å². The van der Waals surface area contributed by atoms with E-state index in [2.05, 4.69) is 10.3 Å². The molecule has 1 aromatic carbocycles. The van der Waals surface area contributed by atoms with E-state index in [4.69, 9.17) is 10.6 Å². The van der Waals surface area contributed by atoms with Crippen LogP contribution in [0.15, 0.2) is 24.3 Å². The molecule has 5 nitrogen and oxygen atoms in total. The van der Waals surface area contributed by atoms with Crippen molar-refractivity contribution in [1.29, 1.82) is 0 Å². The number of benzene rings is 1. The predicted octanol–water partition coefficient (Wildman–Crippen LogP) is 1.15. The van der Waals surface area contributed by atoms with E-state index in [0.29, 0.717) is 17.9 Å². The second-order valence-corrected chi connectivity index (χ2v) is 4.72. The molecule has 0 unspecified atom stereocenters. The first kappa shape index (κ1) is 13.8. The number of nitrogens with one attached hydrogen (secondary N) is 1. The first-order valence-electron chi connectivity index (χ1n) is 6.76. The number of ether oxygens (including phenoxy) is 1. The number of piperidine rings is 1. The Labute approximate surface area is 113 Å². The molecule has 1 aliphatic rings. The number of para-hydroxylation sites is 1. The van der Waals surface area contributed by atoms with Crippen molar-refractivity contribution in [1.82, 2.24) is 10.3 Å². The molecule has 1 heterocycles. The Morgan fingerprint density at radius 1 is 1.26 bits per heavy atom. The highest BCUT2D eigenvalue weighted by Gasteiger charge is 2.12. The van der Waals surface area contributed by atoms with Gasteiger partial charge in [0.05, 0.1) is 5.56 Å². The zero-order valence-electron chi connectivity index (χ0n) is 11.1. The van der Waals surface area contributed by atoms with Gasteiger partial charge in [-0.2, -0.15) is 0 Å². The molecule has 1 fully saturated rings. The zero-order valence-corrected chi connectivity index (χ0v) is 11.1. The fourth-order valence-corrected chi connectivity index (χ4v) is 2.33. The van der Waals surface area contributed by atoms with Gasteiger partial charge in [-0.25, -0.2) is 5.84 Å². The lowest BCUT2D eigenvalue weighted by molar-refractivity contribution is 0.0948. The van der Waals surface area contributed by atoms with Gasteiger partial charge in [0, 0.05) is 6.54 Å². The Morgan fingerprint density at radius 3 is 2.74 bits per heavy atom. The lowest BCUT2D eigenvalue weighted by atomic mass is 10.1. The molecule has 1 amide bonds. The largest absolute Gasteiger partial charge is 0.491 e. The van der Waals surface area contributed by atoms with E-state index in [1.807, 2.05) is 6.07 Å². The summed E-state index contributed by atoms with van der Waals surface area (Å²) in [4.78, 5) is 14.0. The molecule has 0 bridgehead atoms. The zero-order chi connectivity index (χ0) is 13.5. The number of nitrogens with zero attached hydrogens (tertiary/aromatic N) is 1. The summed E-state index contributed by atoms with van der Waals surface area (Å²) in [6.07, 6.45) is 3.87. The van der Waals surface area contributed by atoms with Crippen LogP contribution < -0.4 is 16.0 Å². The molecule has 1 aromatic rings. The molecular formula is C14H21N3O2. The van der Waals surface area contributed by atoms with E-state index in [-0.39, 0.29) is 5.91 Å². The Kier molecular flexibility index (Phi) is 5.18. The van der Waals surface area contributed by atoms with E-state index in [9.17, 15) is 4.79 Å². The van der Waals surface area contributed by atoms with Crippen LogP contribution >= 0.6 is 0 Å². The van der Waals surface area contributed by atoms with Crippen molar-refractivity contribution in [3.05, 3.63) is 29.8 Å². The molecule has 1 aliphatic heterocycles. The molecule has 0 atom stereocenters. The Hall–Kier alpha value is -1.59. The maximum atomic E-state index is 11.6. The maximum absolute atomic E-state index is 11.6. The van der Waals surface area contributed by atoms with Gasteiger partial charge in [-0.1, -0.05) is 18.6 Å². The van der Waals surface area contributed by atoms with Gasteiger partial charge in [0.25, 0.3) is 5.91 Å². The van der Waals surface area contributed by atoms with Crippen molar-refractivity contribution in [2.75, 3.05) is 26.2 Å². The minimum Gasteiger partial charge on any atom is -0.491 e. The summed E-state index contributed by atoms with van der Waals surface area (Å²) in [5, 5.41) is 0. The average Bonchev–Trinajstić information content (AvgIpc) is 2.48. The summed E-state index contributed by atoms with van der Waals surface area (Å²) >= 11 is 0. The Morgan fingerprint density at radius 2 is 2.00 bits per heavy atom. The molecule has 0 aliphatic carbocycles. The van der Waals surface area contributed by atoms with Gasteiger partial charge < -0.3 is 4.74 Å². The third-order valence-corrected chi connectivity index (χ3v) is 3.38. The van der Waals surface area contributed by atoms with Gasteiger partial charge in [0.1, 0.15) is 12.4 Å². The predicted molar refractivity (Wildman–Crippen MR) is 73.9 cm³/mol. The molecule has 5 heteroatoms. The van der Waals surface area contributed by atoms with Gasteiger partial charge >= 0.3 is 0 Å². The Balaban J connectivity index is 1.86. The van der Waals surface area contributed by atoms with Crippen molar-refractivity contribution >= 4 is 5.91 Å². The van der Waals surface area contributed by atoms with Crippen LogP contribution in [0.3, 0.4) is 0 Å². The molecule has 0 aromatic heterocycles. The topological polar surface area (TPSA) is 67.6 Å². The van der Waals surface area contributed by atoms with Crippen LogP contribution in [-0.2, 0) is 0 Å². The van der Waals surface area contributed by atoms with Crippen molar-refractivity contribution in [2.45, 2.75) is 19.3 Å². The standard InChI is InChI=1S/C14H21N3O2/c15-16-14(18)12-6-2-3-7-13(12)19-11-10-17-8-4-1-5-9-17/h2-3,6-7H,1,4-5,8-11,15H2,(H,16,18). The summed E-state index contributed by atoms with van der Waals surface area (Å²) < 4.78 is 5.70. The first-order chi connectivity index (χ1) is 9.31. The molecule has 3 N–H and O–H groups in total. The number of hydrazine groups is 1. The molecule has 19 heavy (non-hydrogen) atoms. The van der Waals surface area contributed by atoms with Crippen LogP contribution in [-0.4, -0.2) is 37.0 Å². The molecular weight excluding hydrogens is 242 g/mol. The molecule has 2 rings (SSSR count). The average molecular weight is 263 g/mol. The number of hydrogen-bond donors (Lipinski definition) is 2. The number of amides is 1. The number of rotatable bonds is 5. The van der Waals surface area contributed by atoms with E-state index >= 15 is 0 Å². The van der Waals surface area contributed by atoms with Crippen molar-refractivity contribution in [3.8, 4) is 5.75 Å². The molecule has 104 valence electrons. The summed E-state index contributed by atoms with van der Waals surface area (Å²) in [6.45, 7) is 3.79. The molecule has 1 saturated heterocycles. The van der Waals surface area contributed by atoms with Gasteiger partial charge in [0.2, 0.25) is 0 Å². The highest BCUT2D eigenvalue weighted by Crippen LogP contribution is 2.17. The number of carbonyl (C=O) groups is 1. The number of hydrogen-bond acceptors (Lipinski definition) is 4. The summed E-state index contributed by atoms with van der Waals surface area (Å²) in [6, 6.07) is 7.14. The highest BCUT2D eigenvalue weighted by atomic mass is 16.5. The number of nitrogen functional groups attached to an aromatic ring is 1. The highest BCUT2D eigenvalue weighted by molar-refractivity contribution is 5.96. The molecule has 0 spiro atoms. The summed E-state index contributed by atoms with van der Waals surface area (Å²) in [7, 11) is 0. The minimum atomic E-state index is -0.325. The number of carbonyl (C=O) groups excluding carboxylic acids is 1. The van der Waals surface area contributed by atoms with E-state index in [0.717, 1.165) is 19.6 Å². The lowest BCUT2D eigenvalue weighted by Crippen LogP contribution is -2.33. The molecule has 0 radical (unpaired) electrons. The number of nitrogens with two attached hydrogens (primary N) is 1. The normalized spacial score (nSPS) is 16.1. The fraction of sp³-hybridized carbons (Fsp3) is 0.500. The van der Waals surface area contributed by atoms with Crippen molar-refractivity contribution in [2.24, 2.45) is 5.84 Å². The van der Waals surface area contributed by atoms with Crippen LogP contribution in [0.1, 0.15) is 29.6 Å². The smallest absolute Gasteiger partial charge is 0.268 e. The van der Waals surface area contributed by atoms with Crippen LogP contribution in [0.5, 0.6) is 5.75 Å². The third kappa shape index (κ3) is 3.94. The lowest BCUT2D eigenvalue weighted by Gasteiger charge is -2.26. The van der Waals surface area contributed by atoms with Gasteiger partial charge in [-0.05, 0) is 38.1 Å². The van der Waals surface area contributed by atoms with Gasteiger partial charge in [-0.3, -0.25) is 15.1 Å². The maximum Gasteiger partial charge on any atom is 0.268 e. The quantitative estimate of drug-likeness (QED) is 0.475. The van der Waals surface area contributed by atoms with E-state index < -0.39 is 0 Å². The van der Waals surface area contributed by atoms with Crippen LogP contribution in [0.2, 0.25) is 0 Å². The molecule has 0 saturated carbocycles. The van der Waals surface area contributed by atoms with Crippen LogP contribution in [0, 0.1) is 0 Å². The van der Waals surface area contributed by atoms with Crippen molar-refractivity contribution < 1.29 is 9.53 Å². The first-order valence-corrected chi connectivity index (χ1v) is 6.76. The van der Waals surface area contributed by atoms with E-state index in [1.54, 1.807) is 18.2 Å². The van der Waals surface area contributed by atoms with E-state index in [1.165, 1.54) is 19.3 Å². The third-order valence-electron chi connectivity index (χ3n) is 3.38.